The van der Waals surface area contributed by atoms with Crippen LogP contribution in [0.4, 0.5) is 4.79 Å². The van der Waals surface area contributed by atoms with Crippen LogP contribution in [0.25, 0.3) is 0 Å². The fourth-order valence-corrected chi connectivity index (χ4v) is 4.30. The zero-order valence-electron chi connectivity index (χ0n) is 17.5. The Labute approximate surface area is 177 Å². The molecule has 2 saturated heterocycles. The molecule has 2 aliphatic rings. The molecule has 7 heteroatoms. The number of carbonyl (C=O) groups excluding carboxylic acids is 2. The Kier molecular flexibility index (Phi) is 6.38. The summed E-state index contributed by atoms with van der Waals surface area (Å²) < 4.78 is 5.44. The topological polar surface area (TPSA) is 69.0 Å². The van der Waals surface area contributed by atoms with Gasteiger partial charge in [-0.3, -0.25) is 9.69 Å². The highest BCUT2D eigenvalue weighted by Gasteiger charge is 2.28. The fourth-order valence-electron chi connectivity index (χ4n) is 4.30. The van der Waals surface area contributed by atoms with Crippen molar-refractivity contribution < 1.29 is 14.0 Å². The van der Waals surface area contributed by atoms with Crippen LogP contribution in [0.2, 0.25) is 0 Å². The molecule has 0 saturated carbocycles. The maximum atomic E-state index is 12.8. The van der Waals surface area contributed by atoms with E-state index in [1.165, 1.54) is 18.4 Å². The number of urea groups is 1. The lowest BCUT2D eigenvalue weighted by atomic mass is 10.1. The summed E-state index contributed by atoms with van der Waals surface area (Å²) in [5.41, 5.74) is 1.24. The van der Waals surface area contributed by atoms with Crippen LogP contribution >= 0.6 is 0 Å². The van der Waals surface area contributed by atoms with Gasteiger partial charge in [0, 0.05) is 32.7 Å². The molecule has 0 bridgehead atoms. The molecule has 3 heterocycles. The van der Waals surface area contributed by atoms with Gasteiger partial charge in [-0.2, -0.15) is 0 Å². The summed E-state index contributed by atoms with van der Waals surface area (Å²) in [6, 6.07) is 14.0. The minimum absolute atomic E-state index is 0.0592. The molecule has 3 amide bonds. The van der Waals surface area contributed by atoms with E-state index >= 15 is 0 Å². The van der Waals surface area contributed by atoms with Crippen LogP contribution in [-0.2, 0) is 0 Å². The first-order valence-electron chi connectivity index (χ1n) is 10.8. The Bertz CT molecular complexity index is 852. The van der Waals surface area contributed by atoms with Crippen molar-refractivity contribution in [3.8, 4) is 0 Å². The Balaban J connectivity index is 1.30. The van der Waals surface area contributed by atoms with Crippen molar-refractivity contribution in [2.24, 2.45) is 0 Å². The lowest BCUT2D eigenvalue weighted by Gasteiger charge is -2.35. The van der Waals surface area contributed by atoms with E-state index in [0.717, 1.165) is 18.8 Å². The van der Waals surface area contributed by atoms with Gasteiger partial charge in [0.15, 0.2) is 5.76 Å². The third-order valence-electron chi connectivity index (χ3n) is 6.02. The molecule has 1 unspecified atom stereocenters. The van der Waals surface area contributed by atoms with Gasteiger partial charge < -0.3 is 19.5 Å². The molecule has 1 N–H and O–H groups in total. The molecule has 1 aromatic heterocycles. The number of rotatable bonds is 5. The summed E-state index contributed by atoms with van der Waals surface area (Å²) in [6.45, 7) is 6.64. The summed E-state index contributed by atoms with van der Waals surface area (Å²) >= 11 is 0. The average molecular weight is 411 g/mol. The first kappa shape index (κ1) is 20.5. The second kappa shape index (κ2) is 9.34. The lowest BCUT2D eigenvalue weighted by molar-refractivity contribution is 0.0631. The van der Waals surface area contributed by atoms with Gasteiger partial charge in [-0.1, -0.05) is 30.3 Å². The van der Waals surface area contributed by atoms with Gasteiger partial charge in [0.1, 0.15) is 5.76 Å². The van der Waals surface area contributed by atoms with Crippen LogP contribution in [0, 0.1) is 6.92 Å². The highest BCUT2D eigenvalue weighted by atomic mass is 16.3. The second-order valence-electron chi connectivity index (χ2n) is 8.05. The van der Waals surface area contributed by atoms with Gasteiger partial charge in [0.05, 0.1) is 6.04 Å². The van der Waals surface area contributed by atoms with Crippen LogP contribution in [-0.4, -0.2) is 72.5 Å². The third-order valence-corrected chi connectivity index (χ3v) is 6.02. The van der Waals surface area contributed by atoms with E-state index in [1.54, 1.807) is 21.9 Å². The highest BCUT2D eigenvalue weighted by molar-refractivity contribution is 5.91. The maximum absolute atomic E-state index is 12.8. The van der Waals surface area contributed by atoms with Gasteiger partial charge in [-0.05, 0) is 50.6 Å². The summed E-state index contributed by atoms with van der Waals surface area (Å²) in [5, 5.41) is 3.13. The molecular weight excluding hydrogens is 380 g/mol. The van der Waals surface area contributed by atoms with E-state index in [-0.39, 0.29) is 18.0 Å². The standard InChI is InChI=1S/C23H30N4O3/c1-18-9-10-21(30-18)22(28)26-13-15-27(16-14-26)23(29)24-17-20(25-11-5-6-12-25)19-7-3-2-4-8-19/h2-4,7-10,20H,5-6,11-17H2,1H3,(H,24,29). The number of nitrogens with one attached hydrogen (secondary N) is 1. The number of hydrogen-bond acceptors (Lipinski definition) is 4. The predicted molar refractivity (Wildman–Crippen MR) is 114 cm³/mol. The number of hydrogen-bond donors (Lipinski definition) is 1. The molecule has 2 aliphatic heterocycles. The number of benzene rings is 1. The summed E-state index contributed by atoms with van der Waals surface area (Å²) in [5.74, 6) is 0.977. The summed E-state index contributed by atoms with van der Waals surface area (Å²) in [7, 11) is 0. The van der Waals surface area contributed by atoms with Crippen molar-refractivity contribution in [2.45, 2.75) is 25.8 Å². The SMILES string of the molecule is Cc1ccc(C(=O)N2CCN(C(=O)NCC(c3ccccc3)N3CCCC3)CC2)o1. The van der Waals surface area contributed by atoms with Gasteiger partial charge in [-0.25, -0.2) is 4.79 Å². The molecule has 1 atom stereocenters. The highest BCUT2D eigenvalue weighted by Crippen LogP contribution is 2.24. The van der Waals surface area contributed by atoms with Crippen molar-refractivity contribution in [3.63, 3.8) is 0 Å². The van der Waals surface area contributed by atoms with Crippen molar-refractivity contribution in [1.29, 1.82) is 0 Å². The third kappa shape index (κ3) is 4.67. The summed E-state index contributed by atoms with van der Waals surface area (Å²) in [6.07, 6.45) is 2.42. The lowest BCUT2D eigenvalue weighted by Crippen LogP contribution is -2.53. The minimum atomic E-state index is -0.110. The molecule has 4 rings (SSSR count). The van der Waals surface area contributed by atoms with Gasteiger partial charge in [-0.15, -0.1) is 0 Å². The molecule has 160 valence electrons. The zero-order valence-corrected chi connectivity index (χ0v) is 17.5. The molecule has 1 aromatic carbocycles. The van der Waals surface area contributed by atoms with Crippen LogP contribution in [0.3, 0.4) is 0 Å². The Morgan fingerprint density at radius 3 is 2.23 bits per heavy atom. The molecule has 2 aromatic rings. The van der Waals surface area contributed by atoms with E-state index in [1.807, 2.05) is 13.0 Å². The van der Waals surface area contributed by atoms with E-state index in [4.69, 9.17) is 4.42 Å². The predicted octanol–water partition coefficient (Wildman–Crippen LogP) is 2.89. The smallest absolute Gasteiger partial charge is 0.317 e. The zero-order chi connectivity index (χ0) is 20.9. The van der Waals surface area contributed by atoms with E-state index < -0.39 is 0 Å². The number of carbonyl (C=O) groups is 2. The van der Waals surface area contributed by atoms with Crippen molar-refractivity contribution in [2.75, 3.05) is 45.8 Å². The van der Waals surface area contributed by atoms with E-state index in [9.17, 15) is 9.59 Å². The Morgan fingerprint density at radius 2 is 1.60 bits per heavy atom. The molecular formula is C23H30N4O3. The summed E-state index contributed by atoms with van der Waals surface area (Å²) in [4.78, 5) is 31.3. The van der Waals surface area contributed by atoms with Crippen molar-refractivity contribution >= 4 is 11.9 Å². The monoisotopic (exact) mass is 410 g/mol. The number of amides is 3. The first-order valence-corrected chi connectivity index (χ1v) is 10.8. The number of nitrogens with zero attached hydrogens (tertiary/aromatic N) is 3. The second-order valence-corrected chi connectivity index (χ2v) is 8.05. The van der Waals surface area contributed by atoms with Gasteiger partial charge >= 0.3 is 6.03 Å². The minimum Gasteiger partial charge on any atom is -0.456 e. The number of likely N-dealkylation sites (tertiary alicyclic amines) is 1. The number of piperazine rings is 1. The number of furan rings is 1. The van der Waals surface area contributed by atoms with Crippen molar-refractivity contribution in [1.82, 2.24) is 20.0 Å². The molecule has 30 heavy (non-hydrogen) atoms. The Morgan fingerprint density at radius 1 is 0.933 bits per heavy atom. The van der Waals surface area contributed by atoms with Crippen LogP contribution in [0.1, 0.15) is 40.8 Å². The fraction of sp³-hybridized carbons (Fsp3) is 0.478. The van der Waals surface area contributed by atoms with Crippen LogP contribution in [0.15, 0.2) is 46.9 Å². The average Bonchev–Trinajstić information content (AvgIpc) is 3.46. The van der Waals surface area contributed by atoms with Crippen molar-refractivity contribution in [3.05, 3.63) is 59.5 Å². The van der Waals surface area contributed by atoms with E-state index in [2.05, 4.69) is 34.5 Å². The molecule has 0 aliphatic carbocycles. The van der Waals surface area contributed by atoms with Gasteiger partial charge in [0.25, 0.3) is 5.91 Å². The molecule has 0 radical (unpaired) electrons. The van der Waals surface area contributed by atoms with Gasteiger partial charge in [0.2, 0.25) is 0 Å². The molecule has 7 nitrogen and oxygen atoms in total. The number of aryl methyl sites for hydroxylation is 1. The van der Waals surface area contributed by atoms with Crippen LogP contribution < -0.4 is 5.32 Å². The largest absolute Gasteiger partial charge is 0.456 e. The molecule has 0 spiro atoms. The molecule has 2 fully saturated rings. The normalized spacial score (nSPS) is 18.4. The van der Waals surface area contributed by atoms with E-state index in [0.29, 0.717) is 38.5 Å². The van der Waals surface area contributed by atoms with Crippen LogP contribution in [0.5, 0.6) is 0 Å². The maximum Gasteiger partial charge on any atom is 0.317 e. The first-order chi connectivity index (χ1) is 14.6. The quantitative estimate of drug-likeness (QED) is 0.823. The Hall–Kier alpha value is -2.80.